The maximum absolute atomic E-state index is 12.8. The molecule has 0 saturated carbocycles. The van der Waals surface area contributed by atoms with E-state index in [0.29, 0.717) is 19.3 Å². The maximum atomic E-state index is 12.8. The van der Waals surface area contributed by atoms with Crippen molar-refractivity contribution in [2.45, 2.75) is 290 Å². The van der Waals surface area contributed by atoms with E-state index in [-0.39, 0.29) is 31.6 Å². The van der Waals surface area contributed by atoms with Gasteiger partial charge in [0.05, 0.1) is 0 Å². The fraction of sp³-hybridized carbons (Fsp3) is 0.653. The second-order valence-electron chi connectivity index (χ2n) is 20.9. The Morgan fingerprint density at radius 1 is 0.269 bits per heavy atom. The molecular formula is C72H118O6. The topological polar surface area (TPSA) is 78.9 Å². The number of carbonyl (C=O) groups is 3. The van der Waals surface area contributed by atoms with Gasteiger partial charge in [-0.1, -0.05) is 296 Å². The Labute approximate surface area is 481 Å². The van der Waals surface area contributed by atoms with E-state index in [4.69, 9.17) is 14.2 Å². The van der Waals surface area contributed by atoms with Gasteiger partial charge in [-0.25, -0.2) is 0 Å². The molecule has 0 rings (SSSR count). The number of hydrogen-bond donors (Lipinski definition) is 0. The van der Waals surface area contributed by atoms with Crippen LogP contribution in [0.4, 0.5) is 0 Å². The third kappa shape index (κ3) is 62.4. The first-order chi connectivity index (χ1) is 38.5. The van der Waals surface area contributed by atoms with Crippen LogP contribution in [0.1, 0.15) is 284 Å². The zero-order chi connectivity index (χ0) is 56.4. The molecule has 0 saturated heterocycles. The lowest BCUT2D eigenvalue weighted by atomic mass is 10.0. The molecule has 0 bridgehead atoms. The Hall–Kier alpha value is -4.45. The monoisotopic (exact) mass is 1080 g/mol. The third-order valence-electron chi connectivity index (χ3n) is 13.4. The zero-order valence-electron chi connectivity index (χ0n) is 50.6. The molecule has 0 aromatic heterocycles. The summed E-state index contributed by atoms with van der Waals surface area (Å²) < 4.78 is 16.8. The van der Waals surface area contributed by atoms with Crippen molar-refractivity contribution in [1.82, 2.24) is 0 Å². The van der Waals surface area contributed by atoms with Crippen molar-refractivity contribution in [3.63, 3.8) is 0 Å². The van der Waals surface area contributed by atoms with Crippen LogP contribution in [-0.4, -0.2) is 37.2 Å². The van der Waals surface area contributed by atoms with Gasteiger partial charge in [0.15, 0.2) is 6.10 Å². The van der Waals surface area contributed by atoms with Gasteiger partial charge in [0.2, 0.25) is 0 Å². The fourth-order valence-electron chi connectivity index (χ4n) is 8.67. The molecule has 0 aliphatic heterocycles. The van der Waals surface area contributed by atoms with Gasteiger partial charge in [-0.2, -0.15) is 0 Å². The third-order valence-corrected chi connectivity index (χ3v) is 13.4. The summed E-state index contributed by atoms with van der Waals surface area (Å²) in [6, 6.07) is 0. The highest BCUT2D eigenvalue weighted by Crippen LogP contribution is 2.16. The van der Waals surface area contributed by atoms with Gasteiger partial charge in [-0.15, -0.1) is 0 Å². The van der Waals surface area contributed by atoms with Crippen LogP contribution >= 0.6 is 0 Å². The van der Waals surface area contributed by atoms with E-state index in [1.165, 1.54) is 128 Å². The Bertz CT molecular complexity index is 1670. The van der Waals surface area contributed by atoms with Crippen LogP contribution < -0.4 is 0 Å². The SMILES string of the molecule is CC/C=C\C/C=C\C/C=C\C/C=C\C/C=C\C/C=C\C/C=C\CCCCCCCCCCCCCCCC(=O)OCC(COC(=O)CCCCCCCCCCCCCC)OC(=O)CC/C=C\C/C=C\C/C=C\C/C=C\CC. The molecule has 0 N–H and O–H groups in total. The molecule has 1 atom stereocenters. The second kappa shape index (κ2) is 65.1. The van der Waals surface area contributed by atoms with Crippen molar-refractivity contribution >= 4 is 17.9 Å². The molecule has 78 heavy (non-hydrogen) atoms. The fourth-order valence-corrected chi connectivity index (χ4v) is 8.67. The van der Waals surface area contributed by atoms with E-state index < -0.39 is 12.1 Å². The quantitative estimate of drug-likeness (QED) is 0.0261. The van der Waals surface area contributed by atoms with Crippen molar-refractivity contribution in [2.75, 3.05) is 13.2 Å². The number of hydrogen-bond acceptors (Lipinski definition) is 6. The maximum Gasteiger partial charge on any atom is 0.306 e. The first-order valence-electron chi connectivity index (χ1n) is 32.2. The van der Waals surface area contributed by atoms with Crippen LogP contribution in [-0.2, 0) is 28.6 Å². The second-order valence-corrected chi connectivity index (χ2v) is 20.9. The summed E-state index contributed by atoms with van der Waals surface area (Å²) >= 11 is 0. The van der Waals surface area contributed by atoms with Gasteiger partial charge in [0.25, 0.3) is 0 Å². The van der Waals surface area contributed by atoms with E-state index in [1.54, 1.807) is 0 Å². The molecule has 1 unspecified atom stereocenters. The molecule has 6 nitrogen and oxygen atoms in total. The number of allylic oxidation sites excluding steroid dienone is 22. The van der Waals surface area contributed by atoms with E-state index in [0.717, 1.165) is 109 Å². The van der Waals surface area contributed by atoms with E-state index in [2.05, 4.69) is 142 Å². The summed E-state index contributed by atoms with van der Waals surface area (Å²) in [5.74, 6) is -0.987. The number of rotatable bonds is 57. The lowest BCUT2D eigenvalue weighted by Gasteiger charge is -2.18. The van der Waals surface area contributed by atoms with Crippen LogP contribution in [0.25, 0.3) is 0 Å². The summed E-state index contributed by atoms with van der Waals surface area (Å²) in [4.78, 5) is 38.1. The van der Waals surface area contributed by atoms with Gasteiger partial charge >= 0.3 is 17.9 Å². The van der Waals surface area contributed by atoms with Crippen molar-refractivity contribution in [2.24, 2.45) is 0 Å². The molecule has 0 amide bonds. The number of unbranched alkanes of at least 4 members (excludes halogenated alkanes) is 24. The average molecular weight is 1080 g/mol. The molecule has 0 aliphatic rings. The lowest BCUT2D eigenvalue weighted by Crippen LogP contribution is -2.30. The minimum atomic E-state index is -0.817. The number of ether oxygens (including phenoxy) is 3. The van der Waals surface area contributed by atoms with Crippen LogP contribution in [0.2, 0.25) is 0 Å². The Morgan fingerprint density at radius 2 is 0.526 bits per heavy atom. The highest BCUT2D eigenvalue weighted by Gasteiger charge is 2.19. The van der Waals surface area contributed by atoms with Gasteiger partial charge in [0.1, 0.15) is 13.2 Å². The molecule has 442 valence electrons. The first kappa shape index (κ1) is 73.5. The summed E-state index contributed by atoms with van der Waals surface area (Å²) in [7, 11) is 0. The largest absolute Gasteiger partial charge is 0.462 e. The highest BCUT2D eigenvalue weighted by molar-refractivity contribution is 5.71. The summed E-state index contributed by atoms with van der Waals surface area (Å²) in [5.41, 5.74) is 0. The molecule has 0 spiro atoms. The summed E-state index contributed by atoms with van der Waals surface area (Å²) in [5, 5.41) is 0. The van der Waals surface area contributed by atoms with Gasteiger partial charge < -0.3 is 14.2 Å². The first-order valence-corrected chi connectivity index (χ1v) is 32.2. The van der Waals surface area contributed by atoms with E-state index >= 15 is 0 Å². The standard InChI is InChI=1S/C72H118O6/c1-4-7-10-13-16-19-22-25-26-27-28-29-30-31-32-33-34-35-36-37-38-39-40-41-42-43-44-45-46-48-50-53-56-59-62-65-71(74)77-68-69(67-76-70(73)64-61-58-55-52-49-24-21-18-15-12-9-6-3)78-72(75)66-63-60-57-54-51-47-23-20-17-14-11-8-5-2/h7-8,10-11,16-17,19-20,25-26,28-29,31-32,34-35,37-38,47,51,57,60,69H,4-6,9,12-15,18,21-24,27,30,33,36,39-46,48-50,52-56,58-59,61-68H2,1-3H3/b10-7-,11-8-,19-16-,20-17-,26-25-,29-28-,32-31-,35-34-,38-37-,51-47-,60-57-. The summed E-state index contributed by atoms with van der Waals surface area (Å²) in [6.07, 6.45) is 92.1. The molecule has 0 radical (unpaired) electrons. The van der Waals surface area contributed by atoms with Gasteiger partial charge in [0, 0.05) is 19.3 Å². The minimum Gasteiger partial charge on any atom is -0.462 e. The van der Waals surface area contributed by atoms with Crippen molar-refractivity contribution in [3.8, 4) is 0 Å². The predicted octanol–water partition coefficient (Wildman–Crippen LogP) is 22.2. The number of carbonyl (C=O) groups excluding carboxylic acids is 3. The Morgan fingerprint density at radius 3 is 0.833 bits per heavy atom. The zero-order valence-corrected chi connectivity index (χ0v) is 50.6. The van der Waals surface area contributed by atoms with Crippen LogP contribution in [0.15, 0.2) is 134 Å². The molecule has 0 fully saturated rings. The number of esters is 3. The molecule has 0 heterocycles. The molecule has 0 aromatic carbocycles. The molecule has 0 aliphatic carbocycles. The molecule has 6 heteroatoms. The molecular weight excluding hydrogens is 961 g/mol. The van der Waals surface area contributed by atoms with Crippen molar-refractivity contribution in [3.05, 3.63) is 134 Å². The normalized spacial score (nSPS) is 13.0. The van der Waals surface area contributed by atoms with E-state index in [1.807, 2.05) is 12.2 Å². The van der Waals surface area contributed by atoms with Crippen molar-refractivity contribution < 1.29 is 28.6 Å². The summed E-state index contributed by atoms with van der Waals surface area (Å²) in [6.45, 7) is 6.35. The van der Waals surface area contributed by atoms with Crippen LogP contribution in [0.3, 0.4) is 0 Å². The highest BCUT2D eigenvalue weighted by atomic mass is 16.6. The van der Waals surface area contributed by atoms with Crippen molar-refractivity contribution in [1.29, 1.82) is 0 Å². The smallest absolute Gasteiger partial charge is 0.306 e. The average Bonchev–Trinajstić information content (AvgIpc) is 3.44. The van der Waals surface area contributed by atoms with Crippen LogP contribution in [0, 0.1) is 0 Å². The Kier molecular flexibility index (Phi) is 61.4. The van der Waals surface area contributed by atoms with E-state index in [9.17, 15) is 14.4 Å². The van der Waals surface area contributed by atoms with Gasteiger partial charge in [-0.3, -0.25) is 14.4 Å². The minimum absolute atomic E-state index is 0.106. The molecule has 0 aromatic rings. The Balaban J connectivity index is 4.17. The lowest BCUT2D eigenvalue weighted by molar-refractivity contribution is -0.166. The van der Waals surface area contributed by atoms with Crippen LogP contribution in [0.5, 0.6) is 0 Å². The predicted molar refractivity (Wildman–Crippen MR) is 339 cm³/mol. The van der Waals surface area contributed by atoms with Gasteiger partial charge in [-0.05, 0) is 103 Å².